The highest BCUT2D eigenvalue weighted by Crippen LogP contribution is 2.17. The molecule has 1 atom stereocenters. The molecule has 0 fully saturated rings. The van der Waals surface area contributed by atoms with Gasteiger partial charge in [0.05, 0.1) is 0 Å². The van der Waals surface area contributed by atoms with E-state index in [0.717, 1.165) is 57.8 Å². The molecule has 1 unspecified atom stereocenters. The molecule has 0 aliphatic heterocycles. The van der Waals surface area contributed by atoms with Gasteiger partial charge in [-0.3, -0.25) is 9.59 Å². The zero-order valence-electron chi connectivity index (χ0n) is 24.8. The van der Waals surface area contributed by atoms with E-state index in [9.17, 15) is 9.59 Å². The van der Waals surface area contributed by atoms with Crippen molar-refractivity contribution >= 4 is 11.9 Å². The summed E-state index contributed by atoms with van der Waals surface area (Å²) in [5.41, 5.74) is 0. The molecule has 0 aromatic rings. The van der Waals surface area contributed by atoms with E-state index in [2.05, 4.69) is 26.0 Å². The number of esters is 1. The number of carboxylic acids is 1. The third-order valence-electron chi connectivity index (χ3n) is 7.22. The Morgan fingerprint density at radius 2 is 1.03 bits per heavy atom. The number of allylic oxidation sites excluding steroid dienone is 2. The van der Waals surface area contributed by atoms with E-state index in [1.165, 1.54) is 96.3 Å². The fourth-order valence-electron chi connectivity index (χ4n) is 4.88. The van der Waals surface area contributed by atoms with E-state index in [0.29, 0.717) is 12.8 Å². The van der Waals surface area contributed by atoms with E-state index in [4.69, 9.17) is 9.84 Å². The molecule has 37 heavy (non-hydrogen) atoms. The quantitative estimate of drug-likeness (QED) is 0.0602. The molecule has 0 heterocycles. The third kappa shape index (κ3) is 29.1. The van der Waals surface area contributed by atoms with Gasteiger partial charge in [0.25, 0.3) is 0 Å². The van der Waals surface area contributed by atoms with Crippen molar-refractivity contribution in [3.63, 3.8) is 0 Å². The summed E-state index contributed by atoms with van der Waals surface area (Å²) in [6.07, 6.45) is 34.1. The van der Waals surface area contributed by atoms with Crippen molar-refractivity contribution in [2.45, 2.75) is 187 Å². The zero-order chi connectivity index (χ0) is 27.2. The molecule has 1 N–H and O–H groups in total. The summed E-state index contributed by atoms with van der Waals surface area (Å²) in [6, 6.07) is 0. The van der Waals surface area contributed by atoms with Crippen LogP contribution in [0.3, 0.4) is 0 Å². The first-order valence-corrected chi connectivity index (χ1v) is 16.2. The Morgan fingerprint density at radius 3 is 1.54 bits per heavy atom. The minimum atomic E-state index is -0.680. The average Bonchev–Trinajstić information content (AvgIpc) is 2.87. The highest BCUT2D eigenvalue weighted by molar-refractivity contribution is 5.69. The van der Waals surface area contributed by atoms with E-state index in [1.54, 1.807) is 0 Å². The first-order valence-electron chi connectivity index (χ1n) is 16.2. The molecule has 0 aromatic carbocycles. The third-order valence-corrected chi connectivity index (χ3v) is 7.22. The van der Waals surface area contributed by atoms with Crippen LogP contribution in [0.25, 0.3) is 0 Å². The van der Waals surface area contributed by atoms with Crippen molar-refractivity contribution in [1.29, 1.82) is 0 Å². The maximum absolute atomic E-state index is 12.3. The highest BCUT2D eigenvalue weighted by Gasteiger charge is 2.13. The summed E-state index contributed by atoms with van der Waals surface area (Å²) in [6.45, 7) is 4.43. The first-order chi connectivity index (χ1) is 18.1. The van der Waals surface area contributed by atoms with Gasteiger partial charge in [0.15, 0.2) is 0 Å². The zero-order valence-corrected chi connectivity index (χ0v) is 24.8. The van der Waals surface area contributed by atoms with Gasteiger partial charge in [0.2, 0.25) is 0 Å². The minimum absolute atomic E-state index is 0.00502. The SMILES string of the molecule is CCCCCC/C=C\CCCCCCCCC(=O)OC(CCC)CCCCCCCCCCCC(=O)O. The van der Waals surface area contributed by atoms with Gasteiger partial charge < -0.3 is 9.84 Å². The van der Waals surface area contributed by atoms with Crippen LogP contribution in [-0.4, -0.2) is 23.1 Å². The Labute approximate surface area is 230 Å². The fraction of sp³-hybridized carbons (Fsp3) is 0.879. The largest absolute Gasteiger partial charge is 0.481 e. The molecule has 4 heteroatoms. The second-order valence-electron chi connectivity index (χ2n) is 11.0. The molecule has 0 amide bonds. The van der Waals surface area contributed by atoms with Gasteiger partial charge in [-0.15, -0.1) is 0 Å². The van der Waals surface area contributed by atoms with Crippen molar-refractivity contribution < 1.29 is 19.4 Å². The lowest BCUT2D eigenvalue weighted by molar-refractivity contribution is -0.150. The molecular formula is C33H62O4. The van der Waals surface area contributed by atoms with Gasteiger partial charge in [0.1, 0.15) is 6.10 Å². The summed E-state index contributed by atoms with van der Waals surface area (Å²) in [4.78, 5) is 22.8. The standard InChI is InChI=1S/C33H62O4/c1-3-5-6-7-8-9-10-11-12-13-17-20-23-26-30-33(36)37-31(27-4-2)28-24-21-18-15-14-16-19-22-25-29-32(34)35/h9-10,31H,3-8,11-30H2,1-2H3,(H,34,35)/b10-9-. The molecule has 0 spiro atoms. The summed E-state index contributed by atoms with van der Waals surface area (Å²) >= 11 is 0. The molecule has 0 aliphatic carbocycles. The van der Waals surface area contributed by atoms with Gasteiger partial charge in [-0.2, -0.15) is 0 Å². The molecular weight excluding hydrogens is 460 g/mol. The lowest BCUT2D eigenvalue weighted by Gasteiger charge is -2.17. The number of carbonyl (C=O) groups is 2. The minimum Gasteiger partial charge on any atom is -0.481 e. The number of carboxylic acid groups (broad SMARTS) is 1. The van der Waals surface area contributed by atoms with E-state index < -0.39 is 5.97 Å². The molecule has 0 bridgehead atoms. The molecule has 218 valence electrons. The van der Waals surface area contributed by atoms with E-state index in [1.807, 2.05) is 0 Å². The second kappa shape index (κ2) is 29.2. The number of hydrogen-bond donors (Lipinski definition) is 1. The number of carbonyl (C=O) groups excluding carboxylic acids is 1. The normalized spacial score (nSPS) is 12.3. The summed E-state index contributed by atoms with van der Waals surface area (Å²) < 4.78 is 5.82. The predicted molar refractivity (Wildman–Crippen MR) is 158 cm³/mol. The van der Waals surface area contributed by atoms with Crippen molar-refractivity contribution in [3.8, 4) is 0 Å². The number of rotatable bonds is 29. The summed E-state index contributed by atoms with van der Waals surface area (Å²) in [7, 11) is 0. The average molecular weight is 523 g/mol. The maximum Gasteiger partial charge on any atom is 0.306 e. The lowest BCUT2D eigenvalue weighted by Crippen LogP contribution is -2.18. The van der Waals surface area contributed by atoms with E-state index >= 15 is 0 Å². The summed E-state index contributed by atoms with van der Waals surface area (Å²) in [5.74, 6) is -0.675. The smallest absolute Gasteiger partial charge is 0.306 e. The van der Waals surface area contributed by atoms with E-state index in [-0.39, 0.29) is 12.1 Å². The summed E-state index contributed by atoms with van der Waals surface area (Å²) in [5, 5.41) is 8.65. The number of hydrogen-bond acceptors (Lipinski definition) is 3. The number of unbranched alkanes of at least 4 members (excludes halogenated alkanes) is 18. The monoisotopic (exact) mass is 522 g/mol. The predicted octanol–water partition coefficient (Wildman–Crippen LogP) is 10.7. The van der Waals surface area contributed by atoms with Crippen molar-refractivity contribution in [1.82, 2.24) is 0 Å². The van der Waals surface area contributed by atoms with Crippen LogP contribution in [0, 0.1) is 0 Å². The van der Waals surface area contributed by atoms with Crippen molar-refractivity contribution in [2.75, 3.05) is 0 Å². The molecule has 0 rings (SSSR count). The molecule has 0 aromatic heterocycles. The number of aliphatic carboxylic acids is 1. The first kappa shape index (κ1) is 35.7. The Morgan fingerprint density at radius 1 is 0.568 bits per heavy atom. The van der Waals surface area contributed by atoms with Gasteiger partial charge in [-0.25, -0.2) is 0 Å². The molecule has 0 saturated heterocycles. The molecule has 4 nitrogen and oxygen atoms in total. The number of ether oxygens (including phenoxy) is 1. The van der Waals surface area contributed by atoms with Gasteiger partial charge in [-0.05, 0) is 57.8 Å². The van der Waals surface area contributed by atoms with Crippen LogP contribution in [-0.2, 0) is 14.3 Å². The van der Waals surface area contributed by atoms with Gasteiger partial charge in [0, 0.05) is 12.8 Å². The highest BCUT2D eigenvalue weighted by atomic mass is 16.5. The van der Waals surface area contributed by atoms with Gasteiger partial charge in [-0.1, -0.05) is 122 Å². The Hall–Kier alpha value is -1.32. The van der Waals surface area contributed by atoms with Crippen LogP contribution < -0.4 is 0 Å². The lowest BCUT2D eigenvalue weighted by atomic mass is 10.0. The topological polar surface area (TPSA) is 63.6 Å². The Kier molecular flexibility index (Phi) is 28.2. The molecule has 0 saturated carbocycles. The fourth-order valence-corrected chi connectivity index (χ4v) is 4.88. The van der Waals surface area contributed by atoms with Crippen LogP contribution in [0.2, 0.25) is 0 Å². The van der Waals surface area contributed by atoms with Crippen LogP contribution in [0.5, 0.6) is 0 Å². The molecule has 0 aliphatic rings. The van der Waals surface area contributed by atoms with Crippen LogP contribution in [0.15, 0.2) is 12.2 Å². The van der Waals surface area contributed by atoms with Gasteiger partial charge >= 0.3 is 11.9 Å². The van der Waals surface area contributed by atoms with Crippen molar-refractivity contribution in [3.05, 3.63) is 12.2 Å². The maximum atomic E-state index is 12.3. The van der Waals surface area contributed by atoms with Crippen LogP contribution in [0.4, 0.5) is 0 Å². The Bertz CT molecular complexity index is 528. The second-order valence-corrected chi connectivity index (χ2v) is 11.0. The van der Waals surface area contributed by atoms with Crippen LogP contribution >= 0.6 is 0 Å². The molecule has 0 radical (unpaired) electrons. The van der Waals surface area contributed by atoms with Crippen molar-refractivity contribution in [2.24, 2.45) is 0 Å². The Balaban J connectivity index is 3.58. The van der Waals surface area contributed by atoms with Crippen LogP contribution in [0.1, 0.15) is 181 Å².